The average molecular weight is 352 g/mol. The first-order chi connectivity index (χ1) is 11.0. The van der Waals surface area contributed by atoms with Crippen molar-refractivity contribution in [3.8, 4) is 0 Å². The number of thiazole rings is 1. The van der Waals surface area contributed by atoms with E-state index in [1.165, 1.54) is 12.1 Å². The van der Waals surface area contributed by atoms with Crippen LogP contribution in [-0.2, 0) is 11.3 Å². The van der Waals surface area contributed by atoms with Crippen LogP contribution in [0.25, 0.3) is 0 Å². The SMILES string of the molecule is Cc1csc(=O)n1CCC(=O)N[C@H]1CCSc2ccc(F)cc21. The average Bonchev–Trinajstić information content (AvgIpc) is 2.84. The number of nitrogens with one attached hydrogen (secondary N) is 1. The third-order valence-corrected chi connectivity index (χ3v) is 5.89. The predicted molar refractivity (Wildman–Crippen MR) is 90.6 cm³/mol. The minimum absolute atomic E-state index is 0.0446. The zero-order chi connectivity index (χ0) is 16.4. The maximum absolute atomic E-state index is 13.5. The molecule has 1 amide bonds. The van der Waals surface area contributed by atoms with Gasteiger partial charge in [0.1, 0.15) is 5.82 Å². The van der Waals surface area contributed by atoms with Gasteiger partial charge < -0.3 is 9.88 Å². The number of thioether (sulfide) groups is 1. The summed E-state index contributed by atoms with van der Waals surface area (Å²) >= 11 is 2.82. The second kappa shape index (κ2) is 6.88. The molecular formula is C16H17FN2O2S2. The minimum atomic E-state index is -0.286. The summed E-state index contributed by atoms with van der Waals surface area (Å²) in [6.07, 6.45) is 1.02. The summed E-state index contributed by atoms with van der Waals surface area (Å²) in [5.74, 6) is 0.493. The van der Waals surface area contributed by atoms with Gasteiger partial charge in [0.25, 0.3) is 0 Å². The first-order valence-corrected chi connectivity index (χ1v) is 9.27. The summed E-state index contributed by atoms with van der Waals surface area (Å²) in [4.78, 5) is 24.8. The standard InChI is InChI=1S/C16H17FN2O2S2/c1-10-9-23-16(21)19(10)6-4-15(20)18-13-5-7-22-14-3-2-11(17)8-12(13)14/h2-3,8-9,13H,4-7H2,1H3,(H,18,20)/t13-/m0/s1. The second-order valence-corrected chi connectivity index (χ2v) is 7.44. The fourth-order valence-corrected chi connectivity index (χ4v) is 4.54. The summed E-state index contributed by atoms with van der Waals surface area (Å²) in [5.41, 5.74) is 1.72. The molecule has 4 nitrogen and oxygen atoms in total. The van der Waals surface area contributed by atoms with Gasteiger partial charge in [-0.25, -0.2) is 4.39 Å². The number of rotatable bonds is 4. The van der Waals surface area contributed by atoms with Crippen molar-refractivity contribution < 1.29 is 9.18 Å². The van der Waals surface area contributed by atoms with E-state index in [4.69, 9.17) is 0 Å². The highest BCUT2D eigenvalue weighted by Gasteiger charge is 2.22. The Morgan fingerprint density at radius 3 is 3.04 bits per heavy atom. The van der Waals surface area contributed by atoms with Crippen LogP contribution < -0.4 is 10.2 Å². The van der Waals surface area contributed by atoms with Crippen LogP contribution in [0.3, 0.4) is 0 Å². The van der Waals surface area contributed by atoms with Crippen LogP contribution in [0.5, 0.6) is 0 Å². The van der Waals surface area contributed by atoms with Crippen LogP contribution in [0.4, 0.5) is 4.39 Å². The largest absolute Gasteiger partial charge is 0.349 e. The van der Waals surface area contributed by atoms with Crippen molar-refractivity contribution in [2.75, 3.05) is 5.75 Å². The van der Waals surface area contributed by atoms with Gasteiger partial charge >= 0.3 is 4.87 Å². The number of benzene rings is 1. The molecule has 122 valence electrons. The zero-order valence-electron chi connectivity index (χ0n) is 12.7. The van der Waals surface area contributed by atoms with E-state index >= 15 is 0 Å². The van der Waals surface area contributed by atoms with Crippen LogP contribution in [0, 0.1) is 12.7 Å². The Bertz CT molecular complexity index is 785. The molecular weight excluding hydrogens is 335 g/mol. The lowest BCUT2D eigenvalue weighted by Gasteiger charge is -2.26. The molecule has 1 aliphatic rings. The lowest BCUT2D eigenvalue weighted by atomic mass is 10.0. The molecule has 0 unspecified atom stereocenters. The Labute approximate surface area is 141 Å². The van der Waals surface area contributed by atoms with Gasteiger partial charge in [0, 0.05) is 34.7 Å². The number of nitrogens with zero attached hydrogens (tertiary/aromatic N) is 1. The number of aryl methyl sites for hydroxylation is 1. The molecule has 2 aromatic rings. The highest BCUT2D eigenvalue weighted by Crippen LogP contribution is 2.36. The normalized spacial score (nSPS) is 16.9. The number of carbonyl (C=O) groups is 1. The predicted octanol–water partition coefficient (Wildman–Crippen LogP) is 3.10. The first-order valence-electron chi connectivity index (χ1n) is 7.41. The molecule has 1 aliphatic heterocycles. The highest BCUT2D eigenvalue weighted by molar-refractivity contribution is 7.99. The second-order valence-electron chi connectivity index (χ2n) is 5.48. The summed E-state index contributed by atoms with van der Waals surface area (Å²) in [5, 5.41) is 4.76. The van der Waals surface area contributed by atoms with E-state index in [1.807, 2.05) is 6.92 Å². The van der Waals surface area contributed by atoms with Crippen LogP contribution in [-0.4, -0.2) is 16.2 Å². The van der Waals surface area contributed by atoms with Gasteiger partial charge in [-0.3, -0.25) is 9.59 Å². The molecule has 0 saturated carbocycles. The third kappa shape index (κ3) is 3.67. The maximum Gasteiger partial charge on any atom is 0.307 e. The monoisotopic (exact) mass is 352 g/mol. The van der Waals surface area contributed by atoms with Crippen molar-refractivity contribution in [3.63, 3.8) is 0 Å². The smallest absolute Gasteiger partial charge is 0.307 e. The Hall–Kier alpha value is -1.60. The Balaban J connectivity index is 1.65. The zero-order valence-corrected chi connectivity index (χ0v) is 14.3. The van der Waals surface area contributed by atoms with Crippen molar-refractivity contribution >= 4 is 29.0 Å². The van der Waals surface area contributed by atoms with Crippen molar-refractivity contribution in [2.45, 2.75) is 37.2 Å². The molecule has 0 saturated heterocycles. The molecule has 23 heavy (non-hydrogen) atoms. The van der Waals surface area contributed by atoms with Crippen LogP contribution in [0.15, 0.2) is 33.3 Å². The van der Waals surface area contributed by atoms with E-state index < -0.39 is 0 Å². The highest BCUT2D eigenvalue weighted by atomic mass is 32.2. The van der Waals surface area contributed by atoms with Gasteiger partial charge in [-0.2, -0.15) is 0 Å². The molecule has 7 heteroatoms. The Morgan fingerprint density at radius 1 is 1.48 bits per heavy atom. The van der Waals surface area contributed by atoms with E-state index in [0.29, 0.717) is 6.54 Å². The molecule has 1 aromatic carbocycles. The number of hydrogen-bond acceptors (Lipinski definition) is 4. The fourth-order valence-electron chi connectivity index (χ4n) is 2.67. The molecule has 0 spiro atoms. The molecule has 0 bridgehead atoms. The third-order valence-electron chi connectivity index (χ3n) is 3.89. The molecule has 0 aliphatic carbocycles. The van der Waals surface area contributed by atoms with Gasteiger partial charge in [-0.05, 0) is 37.1 Å². The molecule has 1 atom stereocenters. The van der Waals surface area contributed by atoms with Gasteiger partial charge in [0.15, 0.2) is 0 Å². The maximum atomic E-state index is 13.5. The van der Waals surface area contributed by atoms with Gasteiger partial charge in [0.2, 0.25) is 5.91 Å². The molecule has 1 aromatic heterocycles. The van der Waals surface area contributed by atoms with Gasteiger partial charge in [-0.1, -0.05) is 11.3 Å². The molecule has 3 rings (SSSR count). The van der Waals surface area contributed by atoms with Gasteiger partial charge in [-0.15, -0.1) is 11.8 Å². The lowest BCUT2D eigenvalue weighted by Crippen LogP contribution is -2.32. The quantitative estimate of drug-likeness (QED) is 0.920. The first kappa shape index (κ1) is 16.3. The molecule has 0 radical (unpaired) electrons. The minimum Gasteiger partial charge on any atom is -0.349 e. The van der Waals surface area contributed by atoms with Crippen molar-refractivity contribution in [1.29, 1.82) is 0 Å². The van der Waals surface area contributed by atoms with Crippen LogP contribution >= 0.6 is 23.1 Å². The number of aromatic nitrogens is 1. The Kier molecular flexibility index (Phi) is 4.87. The van der Waals surface area contributed by atoms with E-state index in [2.05, 4.69) is 5.32 Å². The van der Waals surface area contributed by atoms with Crippen LogP contribution in [0.2, 0.25) is 0 Å². The summed E-state index contributed by atoms with van der Waals surface area (Å²) in [7, 11) is 0. The fraction of sp³-hybridized carbons (Fsp3) is 0.375. The molecule has 2 heterocycles. The summed E-state index contributed by atoms with van der Waals surface area (Å²) in [6, 6.07) is 4.55. The van der Waals surface area contributed by atoms with Crippen molar-refractivity contribution in [2.24, 2.45) is 0 Å². The summed E-state index contributed by atoms with van der Waals surface area (Å²) < 4.78 is 15.1. The van der Waals surface area contributed by atoms with Crippen molar-refractivity contribution in [1.82, 2.24) is 9.88 Å². The lowest BCUT2D eigenvalue weighted by molar-refractivity contribution is -0.122. The number of carbonyl (C=O) groups excluding carboxylic acids is 1. The van der Waals surface area contributed by atoms with Crippen molar-refractivity contribution in [3.05, 3.63) is 50.3 Å². The number of halogens is 1. The molecule has 0 fully saturated rings. The summed E-state index contributed by atoms with van der Waals surface area (Å²) in [6.45, 7) is 2.23. The van der Waals surface area contributed by atoms with E-state index in [0.717, 1.165) is 39.7 Å². The van der Waals surface area contributed by atoms with E-state index in [-0.39, 0.29) is 29.1 Å². The van der Waals surface area contributed by atoms with Gasteiger partial charge in [0.05, 0.1) is 6.04 Å². The number of fused-ring (bicyclic) bond motifs is 1. The van der Waals surface area contributed by atoms with Crippen LogP contribution in [0.1, 0.15) is 30.1 Å². The van der Waals surface area contributed by atoms with E-state index in [9.17, 15) is 14.0 Å². The number of hydrogen-bond donors (Lipinski definition) is 1. The molecule has 1 N–H and O–H groups in total. The topological polar surface area (TPSA) is 51.1 Å². The number of amides is 1. The van der Waals surface area contributed by atoms with E-state index in [1.54, 1.807) is 27.8 Å². The Morgan fingerprint density at radius 2 is 2.30 bits per heavy atom.